The molecule has 0 aliphatic carbocycles. The average molecular weight is 385 g/mol. The number of nitrogens with zero attached hydrogens (tertiary/aromatic N) is 3. The van der Waals surface area contributed by atoms with Gasteiger partial charge in [0.15, 0.2) is 0 Å². The molecule has 0 bridgehead atoms. The topological polar surface area (TPSA) is 30.3 Å². The number of alkyl halides is 3. The van der Waals surface area contributed by atoms with E-state index in [1.807, 2.05) is 18.2 Å². The summed E-state index contributed by atoms with van der Waals surface area (Å²) in [5.41, 5.74) is 0.916. The molecule has 0 aromatic heterocycles. The summed E-state index contributed by atoms with van der Waals surface area (Å²) in [6, 6.07) is 16.1. The van der Waals surface area contributed by atoms with Gasteiger partial charge in [0.25, 0.3) is 0 Å². The van der Waals surface area contributed by atoms with Gasteiger partial charge in [0, 0.05) is 39.3 Å². The second kappa shape index (κ2) is 7.57. The fourth-order valence-electron chi connectivity index (χ4n) is 4.58. The molecule has 2 saturated heterocycles. The first-order valence-corrected chi connectivity index (χ1v) is 9.51. The molecule has 2 aliphatic heterocycles. The highest BCUT2D eigenvalue weighted by Crippen LogP contribution is 2.36. The minimum Gasteiger partial charge on any atom is -0.298 e. The van der Waals surface area contributed by atoms with Gasteiger partial charge in [-0.2, -0.15) is 18.4 Å². The molecule has 2 aliphatic rings. The Bertz CT molecular complexity index is 859. The molecule has 0 radical (unpaired) electrons. The molecule has 2 atom stereocenters. The zero-order chi connectivity index (χ0) is 19.7. The van der Waals surface area contributed by atoms with E-state index in [1.54, 1.807) is 6.07 Å². The smallest absolute Gasteiger partial charge is 0.298 e. The summed E-state index contributed by atoms with van der Waals surface area (Å²) in [5.74, 6) is 1.02. The van der Waals surface area contributed by atoms with Crippen LogP contribution in [-0.2, 0) is 19.3 Å². The monoisotopic (exact) mass is 385 g/mol. The number of fused-ring (bicyclic) bond motifs is 1. The number of nitriles is 1. The third-order valence-corrected chi connectivity index (χ3v) is 5.82. The van der Waals surface area contributed by atoms with Gasteiger partial charge in [0.2, 0.25) is 0 Å². The Morgan fingerprint density at radius 3 is 2.07 bits per heavy atom. The Labute approximate surface area is 163 Å². The van der Waals surface area contributed by atoms with Crippen LogP contribution in [0.1, 0.15) is 22.3 Å². The molecule has 2 fully saturated rings. The van der Waals surface area contributed by atoms with Gasteiger partial charge in [0.1, 0.15) is 0 Å². The fourth-order valence-corrected chi connectivity index (χ4v) is 4.58. The summed E-state index contributed by atoms with van der Waals surface area (Å²) in [6.07, 6.45) is -4.44. The fraction of sp³-hybridized carbons (Fsp3) is 0.409. The van der Waals surface area contributed by atoms with Crippen LogP contribution in [0, 0.1) is 23.2 Å². The van der Waals surface area contributed by atoms with E-state index < -0.39 is 11.7 Å². The molecule has 0 amide bonds. The van der Waals surface area contributed by atoms with E-state index in [2.05, 4.69) is 21.9 Å². The Kier molecular flexibility index (Phi) is 5.13. The summed E-state index contributed by atoms with van der Waals surface area (Å²) < 4.78 is 40.2. The van der Waals surface area contributed by atoms with Crippen LogP contribution in [-0.4, -0.2) is 36.0 Å². The predicted molar refractivity (Wildman–Crippen MR) is 100 cm³/mol. The van der Waals surface area contributed by atoms with Gasteiger partial charge in [-0.1, -0.05) is 36.4 Å². The highest BCUT2D eigenvalue weighted by Gasteiger charge is 2.41. The van der Waals surface area contributed by atoms with Crippen molar-refractivity contribution in [2.75, 3.05) is 26.2 Å². The quantitative estimate of drug-likeness (QED) is 0.792. The molecule has 28 heavy (non-hydrogen) atoms. The SMILES string of the molecule is N#Cc1ccc(CN2CC3CN(Cc4ccccc4)CC3C2)c(C(F)(F)F)c1. The zero-order valence-corrected chi connectivity index (χ0v) is 15.5. The number of hydrogen-bond donors (Lipinski definition) is 0. The molecule has 6 heteroatoms. The third kappa shape index (κ3) is 4.06. The molecular weight excluding hydrogens is 363 g/mol. The van der Waals surface area contributed by atoms with Crippen LogP contribution in [0.4, 0.5) is 13.2 Å². The molecule has 0 saturated carbocycles. The van der Waals surface area contributed by atoms with Gasteiger partial charge < -0.3 is 0 Å². The summed E-state index contributed by atoms with van der Waals surface area (Å²) in [4.78, 5) is 4.58. The molecule has 2 aromatic rings. The maximum absolute atomic E-state index is 13.4. The lowest BCUT2D eigenvalue weighted by Gasteiger charge is -2.23. The van der Waals surface area contributed by atoms with Crippen molar-refractivity contribution in [1.82, 2.24) is 9.80 Å². The minimum absolute atomic E-state index is 0.0471. The maximum atomic E-state index is 13.4. The summed E-state index contributed by atoms with van der Waals surface area (Å²) >= 11 is 0. The van der Waals surface area contributed by atoms with Crippen molar-refractivity contribution in [3.05, 3.63) is 70.8 Å². The van der Waals surface area contributed by atoms with E-state index in [1.165, 1.54) is 17.7 Å². The van der Waals surface area contributed by atoms with Crippen LogP contribution >= 0.6 is 0 Å². The Morgan fingerprint density at radius 2 is 1.50 bits per heavy atom. The molecule has 2 heterocycles. The van der Waals surface area contributed by atoms with Crippen molar-refractivity contribution in [2.24, 2.45) is 11.8 Å². The highest BCUT2D eigenvalue weighted by molar-refractivity contribution is 5.39. The van der Waals surface area contributed by atoms with Gasteiger partial charge >= 0.3 is 6.18 Å². The van der Waals surface area contributed by atoms with E-state index in [0.29, 0.717) is 11.8 Å². The molecule has 0 N–H and O–H groups in total. The second-order valence-corrected chi connectivity index (χ2v) is 7.88. The Balaban J connectivity index is 1.39. The standard InChI is InChI=1S/C22H22F3N3/c23-22(24,25)21-8-17(9-26)6-7-18(21)11-28-14-19-12-27(13-20(19)15-28)10-16-4-2-1-3-5-16/h1-8,19-20H,10-15H2. The van der Waals surface area contributed by atoms with Crippen molar-refractivity contribution in [3.8, 4) is 6.07 Å². The lowest BCUT2D eigenvalue weighted by atomic mass is 10.0. The van der Waals surface area contributed by atoms with Crippen molar-refractivity contribution in [3.63, 3.8) is 0 Å². The van der Waals surface area contributed by atoms with E-state index in [9.17, 15) is 13.2 Å². The van der Waals surface area contributed by atoms with E-state index in [0.717, 1.165) is 38.8 Å². The highest BCUT2D eigenvalue weighted by atomic mass is 19.4. The number of halogens is 3. The summed E-state index contributed by atoms with van der Waals surface area (Å²) in [6.45, 7) is 4.86. The second-order valence-electron chi connectivity index (χ2n) is 7.88. The van der Waals surface area contributed by atoms with Crippen LogP contribution in [0.15, 0.2) is 48.5 Å². The third-order valence-electron chi connectivity index (χ3n) is 5.82. The van der Waals surface area contributed by atoms with Crippen LogP contribution < -0.4 is 0 Å². The van der Waals surface area contributed by atoms with Crippen LogP contribution in [0.5, 0.6) is 0 Å². The molecule has 3 nitrogen and oxygen atoms in total. The van der Waals surface area contributed by atoms with Crippen molar-refractivity contribution >= 4 is 0 Å². The molecule has 2 aromatic carbocycles. The first kappa shape index (κ1) is 19.0. The number of benzene rings is 2. The van der Waals surface area contributed by atoms with Crippen molar-refractivity contribution in [2.45, 2.75) is 19.3 Å². The molecule has 146 valence electrons. The van der Waals surface area contributed by atoms with Gasteiger partial charge in [-0.25, -0.2) is 0 Å². The van der Waals surface area contributed by atoms with Crippen LogP contribution in [0.25, 0.3) is 0 Å². The number of rotatable bonds is 4. The van der Waals surface area contributed by atoms with Crippen molar-refractivity contribution in [1.29, 1.82) is 5.26 Å². The molecular formula is C22H22F3N3. The minimum atomic E-state index is -4.44. The van der Waals surface area contributed by atoms with Gasteiger partial charge in [-0.05, 0) is 35.1 Å². The maximum Gasteiger partial charge on any atom is 0.416 e. The number of likely N-dealkylation sites (tertiary alicyclic amines) is 2. The van der Waals surface area contributed by atoms with Crippen LogP contribution in [0.2, 0.25) is 0 Å². The molecule has 0 spiro atoms. The van der Waals surface area contributed by atoms with Gasteiger partial charge in [0.05, 0.1) is 17.2 Å². The normalized spacial score (nSPS) is 22.9. The van der Waals surface area contributed by atoms with Gasteiger partial charge in [-0.15, -0.1) is 0 Å². The van der Waals surface area contributed by atoms with E-state index >= 15 is 0 Å². The average Bonchev–Trinajstić information content (AvgIpc) is 3.19. The Hall–Kier alpha value is -2.36. The zero-order valence-electron chi connectivity index (χ0n) is 15.5. The number of hydrogen-bond acceptors (Lipinski definition) is 3. The largest absolute Gasteiger partial charge is 0.416 e. The predicted octanol–water partition coefficient (Wildman–Crippen LogP) is 4.14. The summed E-state index contributed by atoms with van der Waals surface area (Å²) in [5, 5.41) is 8.91. The molecule has 2 unspecified atom stereocenters. The van der Waals surface area contributed by atoms with Gasteiger partial charge in [-0.3, -0.25) is 9.80 Å². The van der Waals surface area contributed by atoms with Crippen LogP contribution in [0.3, 0.4) is 0 Å². The van der Waals surface area contributed by atoms with E-state index in [4.69, 9.17) is 5.26 Å². The first-order chi connectivity index (χ1) is 13.4. The van der Waals surface area contributed by atoms with Crippen molar-refractivity contribution < 1.29 is 13.2 Å². The summed E-state index contributed by atoms with van der Waals surface area (Å²) in [7, 11) is 0. The molecule has 4 rings (SSSR count). The lowest BCUT2D eigenvalue weighted by molar-refractivity contribution is -0.138. The van der Waals surface area contributed by atoms with E-state index in [-0.39, 0.29) is 17.7 Å². The lowest BCUT2D eigenvalue weighted by Crippen LogP contribution is -2.29. The Morgan fingerprint density at radius 1 is 0.893 bits per heavy atom. The first-order valence-electron chi connectivity index (χ1n) is 9.51.